The van der Waals surface area contributed by atoms with Gasteiger partial charge in [0.25, 0.3) is 0 Å². The number of rotatable bonds is 5. The smallest absolute Gasteiger partial charge is 0.247 e. The Hall–Kier alpha value is -3.22. The Balaban J connectivity index is 1.47. The Morgan fingerprint density at radius 3 is 2.84 bits per heavy atom. The largest absolute Gasteiger partial charge is 0.361 e. The van der Waals surface area contributed by atoms with E-state index in [2.05, 4.69) is 25.8 Å². The standard InChI is InChI=1S/C18H17FN6/c1-12-2-5-15(6-3-12)25-18(22-23-24-25)20-9-8-13-11-21-17-10-14(19)4-7-16(13)17/h2-7,10-11,21H,8-9H2,1H3,(H,20,22,24). The Morgan fingerprint density at radius 1 is 1.16 bits per heavy atom. The van der Waals surface area contributed by atoms with Gasteiger partial charge in [0, 0.05) is 23.6 Å². The molecule has 4 rings (SSSR count). The molecule has 2 aromatic heterocycles. The topological polar surface area (TPSA) is 71.4 Å². The van der Waals surface area contributed by atoms with E-state index in [-0.39, 0.29) is 5.82 Å². The first kappa shape index (κ1) is 15.3. The number of fused-ring (bicyclic) bond motifs is 1. The second-order valence-corrected chi connectivity index (χ2v) is 5.93. The summed E-state index contributed by atoms with van der Waals surface area (Å²) in [5.41, 5.74) is 4.01. The lowest BCUT2D eigenvalue weighted by Crippen LogP contribution is -2.10. The molecule has 0 fully saturated rings. The predicted octanol–water partition coefficient (Wildman–Crippen LogP) is 3.25. The number of hydrogen-bond donors (Lipinski definition) is 2. The first-order chi connectivity index (χ1) is 12.2. The molecular weight excluding hydrogens is 319 g/mol. The van der Waals surface area contributed by atoms with Crippen LogP contribution in [0.2, 0.25) is 0 Å². The number of tetrazole rings is 1. The number of H-pyrrole nitrogens is 1. The van der Waals surface area contributed by atoms with Gasteiger partial charge in [0.2, 0.25) is 5.95 Å². The molecule has 2 heterocycles. The summed E-state index contributed by atoms with van der Waals surface area (Å²) in [5, 5.41) is 16.1. The molecule has 0 aliphatic heterocycles. The number of halogens is 1. The number of hydrogen-bond acceptors (Lipinski definition) is 4. The molecule has 0 spiro atoms. The zero-order valence-electron chi connectivity index (χ0n) is 13.7. The van der Waals surface area contributed by atoms with Crippen molar-refractivity contribution in [1.82, 2.24) is 25.2 Å². The van der Waals surface area contributed by atoms with E-state index in [1.165, 1.54) is 17.7 Å². The van der Waals surface area contributed by atoms with Crippen LogP contribution < -0.4 is 5.32 Å². The molecule has 0 unspecified atom stereocenters. The molecule has 4 aromatic rings. The highest BCUT2D eigenvalue weighted by atomic mass is 19.1. The van der Waals surface area contributed by atoms with Crippen LogP contribution in [0, 0.1) is 12.7 Å². The zero-order chi connectivity index (χ0) is 17.2. The van der Waals surface area contributed by atoms with Crippen molar-refractivity contribution in [2.75, 3.05) is 11.9 Å². The van der Waals surface area contributed by atoms with Crippen molar-refractivity contribution in [3.63, 3.8) is 0 Å². The molecule has 2 N–H and O–H groups in total. The van der Waals surface area contributed by atoms with Crippen molar-refractivity contribution in [2.45, 2.75) is 13.3 Å². The average Bonchev–Trinajstić information content (AvgIpc) is 3.23. The first-order valence-electron chi connectivity index (χ1n) is 8.05. The van der Waals surface area contributed by atoms with Crippen molar-refractivity contribution < 1.29 is 4.39 Å². The number of nitrogens with zero attached hydrogens (tertiary/aromatic N) is 4. The number of benzene rings is 2. The summed E-state index contributed by atoms with van der Waals surface area (Å²) >= 11 is 0. The first-order valence-corrected chi connectivity index (χ1v) is 8.05. The van der Waals surface area contributed by atoms with Crippen molar-refractivity contribution in [3.8, 4) is 5.69 Å². The average molecular weight is 336 g/mol. The Labute approximate surface area is 143 Å². The maximum Gasteiger partial charge on any atom is 0.247 e. The van der Waals surface area contributed by atoms with Crippen LogP contribution in [-0.4, -0.2) is 31.7 Å². The fourth-order valence-corrected chi connectivity index (χ4v) is 2.83. The molecule has 0 bridgehead atoms. The highest BCUT2D eigenvalue weighted by Gasteiger charge is 2.09. The Morgan fingerprint density at radius 2 is 2.00 bits per heavy atom. The van der Waals surface area contributed by atoms with Crippen LogP contribution in [0.5, 0.6) is 0 Å². The molecule has 0 amide bonds. The van der Waals surface area contributed by atoms with Crippen LogP contribution in [0.1, 0.15) is 11.1 Å². The van der Waals surface area contributed by atoms with Crippen molar-refractivity contribution in [3.05, 3.63) is 65.6 Å². The predicted molar refractivity (Wildman–Crippen MR) is 94.3 cm³/mol. The van der Waals surface area contributed by atoms with Gasteiger partial charge in [-0.15, -0.1) is 0 Å². The highest BCUT2D eigenvalue weighted by molar-refractivity contribution is 5.83. The van der Waals surface area contributed by atoms with Gasteiger partial charge < -0.3 is 10.3 Å². The molecule has 0 aliphatic carbocycles. The van der Waals surface area contributed by atoms with Gasteiger partial charge in [-0.2, -0.15) is 4.68 Å². The third-order valence-electron chi connectivity index (χ3n) is 4.15. The minimum absolute atomic E-state index is 0.240. The normalized spacial score (nSPS) is 11.1. The minimum atomic E-state index is -0.240. The van der Waals surface area contributed by atoms with Crippen molar-refractivity contribution in [1.29, 1.82) is 0 Å². The Bertz CT molecular complexity index is 1000. The molecular formula is C18H17FN6. The van der Waals surface area contributed by atoms with Crippen LogP contribution in [0.25, 0.3) is 16.6 Å². The third-order valence-corrected chi connectivity index (χ3v) is 4.15. The van der Waals surface area contributed by atoms with Crippen LogP contribution in [0.3, 0.4) is 0 Å². The van der Waals surface area contributed by atoms with E-state index >= 15 is 0 Å². The minimum Gasteiger partial charge on any atom is -0.361 e. The summed E-state index contributed by atoms with van der Waals surface area (Å²) < 4.78 is 14.9. The van der Waals surface area contributed by atoms with Crippen molar-refractivity contribution in [2.24, 2.45) is 0 Å². The molecule has 2 aromatic carbocycles. The summed E-state index contributed by atoms with van der Waals surface area (Å²) in [4.78, 5) is 3.10. The van der Waals surface area contributed by atoms with Crippen molar-refractivity contribution >= 4 is 16.9 Å². The summed E-state index contributed by atoms with van der Waals surface area (Å²) in [6, 6.07) is 12.8. The quantitative estimate of drug-likeness (QED) is 0.587. The lowest BCUT2D eigenvalue weighted by atomic mass is 10.1. The van der Waals surface area contributed by atoms with E-state index < -0.39 is 0 Å². The van der Waals surface area contributed by atoms with Gasteiger partial charge in [-0.05, 0) is 59.7 Å². The molecule has 0 aliphatic rings. The fourth-order valence-electron chi connectivity index (χ4n) is 2.83. The number of aromatic amines is 1. The van der Waals surface area contributed by atoms with Crippen LogP contribution >= 0.6 is 0 Å². The van der Waals surface area contributed by atoms with Crippen LogP contribution in [0.15, 0.2) is 48.7 Å². The summed E-state index contributed by atoms with van der Waals surface area (Å²) in [6.45, 7) is 2.70. The molecule has 6 nitrogen and oxygen atoms in total. The molecule has 0 atom stereocenters. The van der Waals surface area contributed by atoms with Crippen LogP contribution in [-0.2, 0) is 6.42 Å². The van der Waals surface area contributed by atoms with Gasteiger partial charge in [-0.1, -0.05) is 22.8 Å². The summed E-state index contributed by atoms with van der Waals surface area (Å²) in [5.74, 6) is 0.353. The maximum atomic E-state index is 13.3. The van der Waals surface area contributed by atoms with Gasteiger partial charge in [-0.3, -0.25) is 0 Å². The second-order valence-electron chi connectivity index (χ2n) is 5.93. The van der Waals surface area contributed by atoms with Gasteiger partial charge in [-0.25, -0.2) is 4.39 Å². The van der Waals surface area contributed by atoms with Gasteiger partial charge in [0.05, 0.1) is 5.69 Å². The number of nitrogens with one attached hydrogen (secondary N) is 2. The number of anilines is 1. The van der Waals surface area contributed by atoms with Crippen LogP contribution in [0.4, 0.5) is 10.3 Å². The molecule has 25 heavy (non-hydrogen) atoms. The van der Waals surface area contributed by atoms with E-state index in [1.54, 1.807) is 10.7 Å². The lowest BCUT2D eigenvalue weighted by molar-refractivity contribution is 0.629. The number of aromatic nitrogens is 5. The molecule has 0 saturated carbocycles. The van der Waals surface area contributed by atoms with E-state index in [0.29, 0.717) is 12.5 Å². The fraction of sp³-hybridized carbons (Fsp3) is 0.167. The molecule has 126 valence electrons. The van der Waals surface area contributed by atoms with Gasteiger partial charge in [0.1, 0.15) is 5.82 Å². The monoisotopic (exact) mass is 336 g/mol. The summed E-state index contributed by atoms with van der Waals surface area (Å²) in [7, 11) is 0. The summed E-state index contributed by atoms with van der Waals surface area (Å²) in [6.07, 6.45) is 2.68. The molecule has 0 radical (unpaired) electrons. The number of aryl methyl sites for hydroxylation is 1. The zero-order valence-corrected chi connectivity index (χ0v) is 13.7. The Kier molecular flexibility index (Phi) is 3.89. The molecule has 0 saturated heterocycles. The lowest BCUT2D eigenvalue weighted by Gasteiger charge is -2.07. The highest BCUT2D eigenvalue weighted by Crippen LogP contribution is 2.20. The molecule has 7 heteroatoms. The van der Waals surface area contributed by atoms with E-state index in [0.717, 1.165) is 28.6 Å². The third kappa shape index (κ3) is 3.08. The van der Waals surface area contributed by atoms with Gasteiger partial charge >= 0.3 is 0 Å². The second kappa shape index (κ2) is 6.35. The van der Waals surface area contributed by atoms with Gasteiger partial charge in [0.15, 0.2) is 0 Å². The SMILES string of the molecule is Cc1ccc(-n2nnnc2NCCc2c[nH]c3cc(F)ccc23)cc1. The van der Waals surface area contributed by atoms with E-state index in [4.69, 9.17) is 0 Å². The van der Waals surface area contributed by atoms with E-state index in [9.17, 15) is 4.39 Å². The van der Waals surface area contributed by atoms with E-state index in [1.807, 2.05) is 37.4 Å². The maximum absolute atomic E-state index is 13.3.